The van der Waals surface area contributed by atoms with Crippen molar-refractivity contribution in [3.05, 3.63) is 77.1 Å². The molecule has 0 heterocycles. The van der Waals surface area contributed by atoms with Crippen molar-refractivity contribution in [2.24, 2.45) is 5.92 Å². The number of carbonyl (C=O) groups is 2. The molecule has 238 valence electrons. The second kappa shape index (κ2) is 15.1. The van der Waals surface area contributed by atoms with E-state index in [0.717, 1.165) is 9.21 Å². The molecule has 0 saturated heterocycles. The van der Waals surface area contributed by atoms with Crippen LogP contribution in [0, 0.1) is 11.7 Å². The summed E-state index contributed by atoms with van der Waals surface area (Å²) in [7, 11) is -0.376. The summed E-state index contributed by atoms with van der Waals surface area (Å²) in [5.74, 6) is -1.12. The monoisotopic (exact) mass is 649 g/mol. The highest BCUT2D eigenvalue weighted by atomic mass is 35.5. The van der Waals surface area contributed by atoms with Crippen LogP contribution in [0.1, 0.15) is 26.3 Å². The number of carbonyl (C=O) groups excluding carboxylic acids is 2. The molecule has 10 nitrogen and oxygen atoms in total. The van der Waals surface area contributed by atoms with Crippen molar-refractivity contribution in [3.8, 4) is 17.2 Å². The second-order valence-electron chi connectivity index (χ2n) is 10.3. The minimum atomic E-state index is -4.50. The van der Waals surface area contributed by atoms with Gasteiger partial charge in [0.05, 0.1) is 31.9 Å². The van der Waals surface area contributed by atoms with Crippen LogP contribution in [0.4, 0.5) is 10.1 Å². The normalized spacial score (nSPS) is 11.9. The van der Waals surface area contributed by atoms with Crippen LogP contribution in [0.25, 0.3) is 0 Å². The Morgan fingerprint density at radius 2 is 1.55 bits per heavy atom. The fraction of sp³-hybridized carbons (Fsp3) is 0.355. The zero-order chi connectivity index (χ0) is 32.6. The van der Waals surface area contributed by atoms with Gasteiger partial charge in [0.15, 0.2) is 11.5 Å². The quantitative estimate of drug-likeness (QED) is 0.265. The fourth-order valence-corrected chi connectivity index (χ4v) is 5.92. The summed E-state index contributed by atoms with van der Waals surface area (Å²) in [6.45, 7) is 4.62. The number of rotatable bonds is 14. The second-order valence-corrected chi connectivity index (χ2v) is 12.6. The van der Waals surface area contributed by atoms with E-state index in [1.54, 1.807) is 6.07 Å². The van der Waals surface area contributed by atoms with Crippen molar-refractivity contribution in [2.75, 3.05) is 38.7 Å². The lowest BCUT2D eigenvalue weighted by Crippen LogP contribution is -2.51. The molecule has 1 atom stereocenters. The highest BCUT2D eigenvalue weighted by Gasteiger charge is 2.34. The summed E-state index contributed by atoms with van der Waals surface area (Å²) >= 11 is 6.27. The Balaban J connectivity index is 2.14. The first-order chi connectivity index (χ1) is 20.8. The van der Waals surface area contributed by atoms with Crippen LogP contribution in [-0.2, 0) is 26.2 Å². The van der Waals surface area contributed by atoms with Gasteiger partial charge in [-0.25, -0.2) is 12.8 Å². The molecule has 0 radical (unpaired) electrons. The van der Waals surface area contributed by atoms with Crippen LogP contribution in [-0.4, -0.2) is 65.6 Å². The summed E-state index contributed by atoms with van der Waals surface area (Å²) in [6.07, 6.45) is 0. The third kappa shape index (κ3) is 8.11. The van der Waals surface area contributed by atoms with Crippen molar-refractivity contribution in [3.63, 3.8) is 0 Å². The van der Waals surface area contributed by atoms with Crippen molar-refractivity contribution in [1.29, 1.82) is 0 Å². The molecular formula is C31H37ClFN3O7S. The van der Waals surface area contributed by atoms with E-state index in [0.29, 0.717) is 12.3 Å². The summed E-state index contributed by atoms with van der Waals surface area (Å²) in [6, 6.07) is 13.1. The lowest BCUT2D eigenvalue weighted by molar-refractivity contribution is -0.139. The molecule has 0 spiro atoms. The molecule has 0 aliphatic heterocycles. The Morgan fingerprint density at radius 1 is 0.909 bits per heavy atom. The molecule has 3 aromatic carbocycles. The van der Waals surface area contributed by atoms with Gasteiger partial charge >= 0.3 is 0 Å². The molecule has 0 aliphatic rings. The average Bonchev–Trinajstić information content (AvgIpc) is 3.00. The van der Waals surface area contributed by atoms with E-state index in [2.05, 4.69) is 5.32 Å². The van der Waals surface area contributed by atoms with Gasteiger partial charge in [0.25, 0.3) is 10.0 Å². The van der Waals surface area contributed by atoms with Crippen molar-refractivity contribution < 1.29 is 36.6 Å². The Bertz CT molecular complexity index is 1590. The Kier molecular flexibility index (Phi) is 11.8. The van der Waals surface area contributed by atoms with Crippen LogP contribution in [0.2, 0.25) is 5.02 Å². The highest BCUT2D eigenvalue weighted by molar-refractivity contribution is 7.92. The third-order valence-electron chi connectivity index (χ3n) is 6.78. The first kappa shape index (κ1) is 34.5. The molecule has 44 heavy (non-hydrogen) atoms. The molecule has 0 fully saturated rings. The molecule has 0 bridgehead atoms. The number of amides is 2. The van der Waals surface area contributed by atoms with Crippen LogP contribution in [0.15, 0.2) is 65.6 Å². The van der Waals surface area contributed by atoms with Crippen molar-refractivity contribution in [1.82, 2.24) is 10.2 Å². The van der Waals surface area contributed by atoms with Crippen LogP contribution >= 0.6 is 11.6 Å². The number of methoxy groups -OCH3 is 3. The van der Waals surface area contributed by atoms with Gasteiger partial charge < -0.3 is 24.4 Å². The first-order valence-corrected chi connectivity index (χ1v) is 15.5. The number of nitrogens with one attached hydrogen (secondary N) is 1. The highest BCUT2D eigenvalue weighted by Crippen LogP contribution is 2.37. The Morgan fingerprint density at radius 3 is 2.16 bits per heavy atom. The van der Waals surface area contributed by atoms with E-state index in [1.165, 1.54) is 82.9 Å². The number of benzene rings is 3. The molecule has 3 rings (SSSR count). The van der Waals surface area contributed by atoms with Gasteiger partial charge in [-0.1, -0.05) is 43.6 Å². The van der Waals surface area contributed by atoms with E-state index in [9.17, 15) is 22.4 Å². The lowest BCUT2D eigenvalue weighted by atomic mass is 10.1. The van der Waals surface area contributed by atoms with E-state index >= 15 is 0 Å². The molecule has 0 aliphatic carbocycles. The number of anilines is 1. The van der Waals surface area contributed by atoms with Crippen molar-refractivity contribution in [2.45, 2.75) is 38.3 Å². The topological polar surface area (TPSA) is 114 Å². The van der Waals surface area contributed by atoms with Gasteiger partial charge in [0.2, 0.25) is 11.8 Å². The Labute approximate surface area is 262 Å². The predicted molar refractivity (Wildman–Crippen MR) is 166 cm³/mol. The first-order valence-electron chi connectivity index (χ1n) is 13.7. The lowest BCUT2D eigenvalue weighted by Gasteiger charge is -2.32. The van der Waals surface area contributed by atoms with Crippen LogP contribution < -0.4 is 23.8 Å². The minimum Gasteiger partial charge on any atom is -0.495 e. The van der Waals surface area contributed by atoms with Gasteiger partial charge in [0.1, 0.15) is 24.2 Å². The van der Waals surface area contributed by atoms with Crippen molar-refractivity contribution >= 4 is 39.1 Å². The maximum Gasteiger partial charge on any atom is 0.265 e. The number of ether oxygens (including phenoxy) is 3. The van der Waals surface area contributed by atoms with E-state index in [1.807, 2.05) is 13.8 Å². The average molecular weight is 650 g/mol. The Hall–Kier alpha value is -4.03. The summed E-state index contributed by atoms with van der Waals surface area (Å²) < 4.78 is 60.1. The fourth-order valence-electron chi connectivity index (χ4n) is 4.32. The number of sulfonamides is 1. The molecule has 0 unspecified atom stereocenters. The molecule has 0 saturated carbocycles. The summed E-state index contributed by atoms with van der Waals surface area (Å²) in [4.78, 5) is 28.2. The van der Waals surface area contributed by atoms with Gasteiger partial charge in [-0.3, -0.25) is 13.9 Å². The van der Waals surface area contributed by atoms with Crippen LogP contribution in [0.5, 0.6) is 17.2 Å². The number of hydrogen-bond donors (Lipinski definition) is 1. The maximum absolute atomic E-state index is 14.7. The molecule has 1 N–H and O–H groups in total. The molecule has 0 aromatic heterocycles. The van der Waals surface area contributed by atoms with Crippen LogP contribution in [0.3, 0.4) is 0 Å². The zero-order valence-electron chi connectivity index (χ0n) is 25.5. The van der Waals surface area contributed by atoms with E-state index < -0.39 is 40.2 Å². The number of halogens is 2. The van der Waals surface area contributed by atoms with Gasteiger partial charge in [-0.15, -0.1) is 0 Å². The molecular weight excluding hydrogens is 613 g/mol. The number of nitrogens with zero attached hydrogens (tertiary/aromatic N) is 2. The standard InChI is InChI=1S/C31H37ClFN3O7S/c1-20(2)17-34-31(38)21(3)35(18-22-9-7-8-10-25(22)33)30(37)19-36(26-15-23(32)11-13-27(26)41-4)44(39,40)24-12-14-28(42-5)29(16-24)43-6/h7-16,20-21H,17-19H2,1-6H3,(H,34,38)/t21-/m1/s1. The SMILES string of the molecule is COc1ccc(S(=O)(=O)N(CC(=O)N(Cc2ccccc2F)[C@H](C)C(=O)NCC(C)C)c2cc(Cl)ccc2OC)cc1OC. The zero-order valence-corrected chi connectivity index (χ0v) is 27.0. The summed E-state index contributed by atoms with van der Waals surface area (Å²) in [5, 5.41) is 2.97. The largest absolute Gasteiger partial charge is 0.495 e. The summed E-state index contributed by atoms with van der Waals surface area (Å²) in [5.41, 5.74) is 0.130. The smallest absolute Gasteiger partial charge is 0.265 e. The maximum atomic E-state index is 14.7. The van der Waals surface area contributed by atoms with Gasteiger partial charge in [-0.2, -0.15) is 0 Å². The number of hydrogen-bond acceptors (Lipinski definition) is 7. The minimum absolute atomic E-state index is 0.0223. The third-order valence-corrected chi connectivity index (χ3v) is 8.77. The van der Waals surface area contributed by atoms with Gasteiger partial charge in [-0.05, 0) is 49.2 Å². The van der Waals surface area contributed by atoms with Gasteiger partial charge in [0, 0.05) is 29.7 Å². The predicted octanol–water partition coefficient (Wildman–Crippen LogP) is 4.89. The van der Waals surface area contributed by atoms with E-state index in [4.69, 9.17) is 25.8 Å². The molecule has 13 heteroatoms. The molecule has 2 amide bonds. The molecule has 3 aromatic rings. The van der Waals surface area contributed by atoms with E-state index in [-0.39, 0.29) is 45.1 Å².